The van der Waals surface area contributed by atoms with Crippen LogP contribution in [0.15, 0.2) is 12.1 Å². The molecule has 1 saturated heterocycles. The zero-order chi connectivity index (χ0) is 13.7. The highest BCUT2D eigenvalue weighted by Gasteiger charge is 2.13. The molecule has 1 aliphatic rings. The first-order valence-electron chi connectivity index (χ1n) is 6.88. The van der Waals surface area contributed by atoms with Gasteiger partial charge < -0.3 is 20.1 Å². The first-order valence-corrected chi connectivity index (χ1v) is 6.88. The molecule has 2 N–H and O–H groups in total. The summed E-state index contributed by atoms with van der Waals surface area (Å²) in [5, 5.41) is 6.78. The summed E-state index contributed by atoms with van der Waals surface area (Å²) in [4.78, 5) is 0. The van der Waals surface area contributed by atoms with Crippen LogP contribution in [0.3, 0.4) is 0 Å². The van der Waals surface area contributed by atoms with Gasteiger partial charge in [-0.15, -0.1) is 0 Å². The number of hydrogen-bond donors (Lipinski definition) is 2. The second-order valence-corrected chi connectivity index (χ2v) is 5.08. The van der Waals surface area contributed by atoms with Crippen LogP contribution in [-0.4, -0.2) is 39.5 Å². The number of aryl methyl sites for hydroxylation is 2. The van der Waals surface area contributed by atoms with E-state index in [1.807, 2.05) is 0 Å². The molecule has 0 radical (unpaired) electrons. The Morgan fingerprint density at radius 3 is 2.84 bits per heavy atom. The van der Waals surface area contributed by atoms with Gasteiger partial charge in [-0.2, -0.15) is 0 Å². The van der Waals surface area contributed by atoms with Crippen molar-refractivity contribution < 1.29 is 9.47 Å². The summed E-state index contributed by atoms with van der Waals surface area (Å²) >= 11 is 0. The summed E-state index contributed by atoms with van der Waals surface area (Å²) in [6, 6.07) is 4.30. The van der Waals surface area contributed by atoms with E-state index in [0.717, 1.165) is 38.5 Å². The number of nitrogens with one attached hydrogen (secondary N) is 2. The quantitative estimate of drug-likeness (QED) is 0.843. The highest BCUT2D eigenvalue weighted by molar-refractivity contribution is 5.41. The van der Waals surface area contributed by atoms with Gasteiger partial charge in [0.05, 0.1) is 19.8 Å². The molecular weight excluding hydrogens is 240 g/mol. The van der Waals surface area contributed by atoms with E-state index < -0.39 is 0 Å². The molecule has 2 rings (SSSR count). The summed E-state index contributed by atoms with van der Waals surface area (Å²) in [6.45, 7) is 8.61. The minimum absolute atomic E-state index is 0.270. The zero-order valence-corrected chi connectivity index (χ0v) is 12.1. The van der Waals surface area contributed by atoms with Crippen LogP contribution in [0.25, 0.3) is 0 Å². The molecule has 1 aromatic rings. The van der Waals surface area contributed by atoms with Crippen LogP contribution in [0.4, 0.5) is 0 Å². The van der Waals surface area contributed by atoms with Crippen LogP contribution < -0.4 is 15.4 Å². The Morgan fingerprint density at radius 1 is 1.37 bits per heavy atom. The van der Waals surface area contributed by atoms with Crippen LogP contribution in [0, 0.1) is 13.8 Å². The molecule has 1 unspecified atom stereocenters. The van der Waals surface area contributed by atoms with Crippen molar-refractivity contribution >= 4 is 0 Å². The molecule has 4 nitrogen and oxygen atoms in total. The molecule has 0 spiro atoms. The lowest BCUT2D eigenvalue weighted by Crippen LogP contribution is -2.43. The molecule has 1 aromatic carbocycles. The lowest BCUT2D eigenvalue weighted by molar-refractivity contribution is 0.0290. The van der Waals surface area contributed by atoms with E-state index in [-0.39, 0.29) is 6.10 Å². The Balaban J connectivity index is 1.89. The summed E-state index contributed by atoms with van der Waals surface area (Å²) in [5.74, 6) is 0.957. The predicted molar refractivity (Wildman–Crippen MR) is 76.8 cm³/mol. The smallest absolute Gasteiger partial charge is 0.123 e. The maximum atomic E-state index is 5.66. The minimum atomic E-state index is 0.270. The zero-order valence-electron chi connectivity index (χ0n) is 12.1. The summed E-state index contributed by atoms with van der Waals surface area (Å²) in [5.41, 5.74) is 3.77. The first-order chi connectivity index (χ1) is 9.20. The molecule has 0 aromatic heterocycles. The van der Waals surface area contributed by atoms with E-state index in [0.29, 0.717) is 0 Å². The second kappa shape index (κ2) is 6.89. The molecule has 1 atom stereocenters. The number of benzene rings is 1. The highest BCUT2D eigenvalue weighted by atomic mass is 16.5. The molecule has 0 saturated carbocycles. The van der Waals surface area contributed by atoms with Crippen molar-refractivity contribution in [2.45, 2.75) is 26.5 Å². The molecule has 0 aliphatic carbocycles. The van der Waals surface area contributed by atoms with E-state index in [9.17, 15) is 0 Å². The summed E-state index contributed by atoms with van der Waals surface area (Å²) < 4.78 is 11.1. The van der Waals surface area contributed by atoms with E-state index in [4.69, 9.17) is 9.47 Å². The van der Waals surface area contributed by atoms with Gasteiger partial charge in [-0.1, -0.05) is 6.07 Å². The number of ether oxygens (including phenoxy) is 2. The summed E-state index contributed by atoms with van der Waals surface area (Å²) in [7, 11) is 1.72. The van der Waals surface area contributed by atoms with Crippen molar-refractivity contribution in [2.24, 2.45) is 0 Å². The highest BCUT2D eigenvalue weighted by Crippen LogP contribution is 2.22. The van der Waals surface area contributed by atoms with Gasteiger partial charge in [-0.25, -0.2) is 0 Å². The molecule has 1 aliphatic heterocycles. The van der Waals surface area contributed by atoms with Gasteiger partial charge in [0, 0.05) is 31.7 Å². The molecule has 0 bridgehead atoms. The van der Waals surface area contributed by atoms with Crippen molar-refractivity contribution in [2.75, 3.05) is 33.4 Å². The van der Waals surface area contributed by atoms with Crippen molar-refractivity contribution in [3.63, 3.8) is 0 Å². The molecule has 106 valence electrons. The van der Waals surface area contributed by atoms with E-state index in [1.54, 1.807) is 7.11 Å². The number of methoxy groups -OCH3 is 1. The third kappa shape index (κ3) is 3.93. The normalized spacial score (nSPS) is 19.4. The van der Waals surface area contributed by atoms with Crippen LogP contribution in [0.5, 0.6) is 5.75 Å². The lowest BCUT2D eigenvalue weighted by atomic mass is 10.0. The van der Waals surface area contributed by atoms with Gasteiger partial charge in [0.1, 0.15) is 5.75 Å². The number of morpholine rings is 1. The van der Waals surface area contributed by atoms with Crippen molar-refractivity contribution in [3.8, 4) is 5.75 Å². The average molecular weight is 264 g/mol. The molecular formula is C15H24N2O2. The van der Waals surface area contributed by atoms with Crippen LogP contribution in [0.2, 0.25) is 0 Å². The molecule has 1 fully saturated rings. The number of rotatable bonds is 5. The fraction of sp³-hybridized carbons (Fsp3) is 0.600. The Labute approximate surface area is 115 Å². The van der Waals surface area contributed by atoms with Crippen LogP contribution in [-0.2, 0) is 11.3 Å². The Hall–Kier alpha value is -1.10. The van der Waals surface area contributed by atoms with E-state index in [1.165, 1.54) is 16.7 Å². The SMILES string of the molecule is COc1cc(C)c(C)cc1CNCC1CNCCO1. The predicted octanol–water partition coefficient (Wildman–Crippen LogP) is 1.39. The summed E-state index contributed by atoms with van der Waals surface area (Å²) in [6.07, 6.45) is 0.270. The Bertz CT molecular complexity index is 415. The fourth-order valence-corrected chi connectivity index (χ4v) is 2.30. The minimum Gasteiger partial charge on any atom is -0.496 e. The number of hydrogen-bond acceptors (Lipinski definition) is 4. The van der Waals surface area contributed by atoms with Gasteiger partial charge in [0.15, 0.2) is 0 Å². The fourth-order valence-electron chi connectivity index (χ4n) is 2.30. The molecule has 19 heavy (non-hydrogen) atoms. The van der Waals surface area contributed by atoms with Crippen molar-refractivity contribution in [3.05, 3.63) is 28.8 Å². The maximum Gasteiger partial charge on any atom is 0.123 e. The van der Waals surface area contributed by atoms with Crippen LogP contribution >= 0.6 is 0 Å². The van der Waals surface area contributed by atoms with Gasteiger partial charge in [0.2, 0.25) is 0 Å². The largest absolute Gasteiger partial charge is 0.496 e. The van der Waals surface area contributed by atoms with Gasteiger partial charge >= 0.3 is 0 Å². The van der Waals surface area contributed by atoms with Gasteiger partial charge in [0.25, 0.3) is 0 Å². The first kappa shape index (κ1) is 14.3. The lowest BCUT2D eigenvalue weighted by Gasteiger charge is -2.24. The van der Waals surface area contributed by atoms with Gasteiger partial charge in [-0.05, 0) is 31.0 Å². The Kier molecular flexibility index (Phi) is 5.19. The standard InChI is InChI=1S/C15H24N2O2/c1-11-6-13(15(18-3)7-12(11)2)8-17-10-14-9-16-4-5-19-14/h6-7,14,16-17H,4-5,8-10H2,1-3H3. The third-order valence-corrected chi connectivity index (χ3v) is 3.59. The third-order valence-electron chi connectivity index (χ3n) is 3.59. The van der Waals surface area contributed by atoms with Gasteiger partial charge in [-0.3, -0.25) is 0 Å². The van der Waals surface area contributed by atoms with Crippen molar-refractivity contribution in [1.82, 2.24) is 10.6 Å². The molecule has 1 heterocycles. The van der Waals surface area contributed by atoms with E-state index in [2.05, 4.69) is 36.6 Å². The monoisotopic (exact) mass is 264 g/mol. The molecule has 0 amide bonds. The molecule has 4 heteroatoms. The Morgan fingerprint density at radius 2 is 2.16 bits per heavy atom. The van der Waals surface area contributed by atoms with Crippen LogP contribution in [0.1, 0.15) is 16.7 Å². The van der Waals surface area contributed by atoms with E-state index >= 15 is 0 Å². The second-order valence-electron chi connectivity index (χ2n) is 5.08. The average Bonchev–Trinajstić information content (AvgIpc) is 2.43. The maximum absolute atomic E-state index is 5.66. The topological polar surface area (TPSA) is 42.5 Å². The van der Waals surface area contributed by atoms with Crippen molar-refractivity contribution in [1.29, 1.82) is 0 Å².